The molecule has 1 aliphatic carbocycles. The van der Waals surface area contributed by atoms with E-state index in [4.69, 9.17) is 4.98 Å². The minimum absolute atomic E-state index is 0.115. The number of aromatic amines is 1. The fourth-order valence-electron chi connectivity index (χ4n) is 5.23. The van der Waals surface area contributed by atoms with E-state index in [-0.39, 0.29) is 29.5 Å². The number of nitrogens with zero attached hydrogens (tertiary/aromatic N) is 3. The van der Waals surface area contributed by atoms with E-state index in [0.29, 0.717) is 36.6 Å². The van der Waals surface area contributed by atoms with E-state index in [0.717, 1.165) is 44.9 Å². The zero-order valence-corrected chi connectivity index (χ0v) is 18.8. The maximum Gasteiger partial charge on any atom is 0.254 e. The van der Waals surface area contributed by atoms with Crippen molar-refractivity contribution in [2.45, 2.75) is 77.3 Å². The number of carbonyl (C=O) groups excluding carboxylic acids is 1. The van der Waals surface area contributed by atoms with Crippen LogP contribution in [0, 0.1) is 5.41 Å². The van der Waals surface area contributed by atoms with E-state index in [9.17, 15) is 18.0 Å². The van der Waals surface area contributed by atoms with Gasteiger partial charge in [-0.1, -0.05) is 26.2 Å². The number of rotatable bonds is 3. The molecule has 3 aliphatic rings. The molecule has 1 amide bonds. The summed E-state index contributed by atoms with van der Waals surface area (Å²) in [7, 11) is -3.35. The fourth-order valence-corrected chi connectivity index (χ4v) is 6.01. The van der Waals surface area contributed by atoms with Crippen molar-refractivity contribution < 1.29 is 13.2 Å². The van der Waals surface area contributed by atoms with Gasteiger partial charge in [-0.15, -0.1) is 0 Å². The predicted octanol–water partition coefficient (Wildman–Crippen LogP) is 2.11. The van der Waals surface area contributed by atoms with Crippen LogP contribution in [-0.4, -0.2) is 52.8 Å². The highest BCUT2D eigenvalue weighted by molar-refractivity contribution is 7.88. The molecule has 1 atom stereocenters. The molecule has 9 heteroatoms. The largest absolute Gasteiger partial charge is 0.332 e. The third kappa shape index (κ3) is 4.06. The van der Waals surface area contributed by atoms with Gasteiger partial charge in [0.15, 0.2) is 0 Å². The summed E-state index contributed by atoms with van der Waals surface area (Å²) in [5.41, 5.74) is 0.541. The summed E-state index contributed by atoms with van der Waals surface area (Å²) >= 11 is 0. The van der Waals surface area contributed by atoms with E-state index >= 15 is 0 Å². The van der Waals surface area contributed by atoms with Gasteiger partial charge in [-0.05, 0) is 38.5 Å². The third-order valence-corrected chi connectivity index (χ3v) is 8.33. The SMILES string of the molecule is CC1(C(=O)N2CCCCC2c2nc3c(c(=O)[nH]2)CCN(S(C)(=O)=O)C3)CCCCC1. The van der Waals surface area contributed by atoms with Crippen molar-refractivity contribution in [3.8, 4) is 0 Å². The summed E-state index contributed by atoms with van der Waals surface area (Å²) in [6.45, 7) is 3.16. The first-order valence-corrected chi connectivity index (χ1v) is 12.9. The molecule has 2 fully saturated rings. The van der Waals surface area contributed by atoms with Crippen LogP contribution in [0.1, 0.15) is 81.4 Å². The smallest absolute Gasteiger partial charge is 0.254 e. The molecule has 2 aliphatic heterocycles. The number of hydrogen-bond acceptors (Lipinski definition) is 5. The van der Waals surface area contributed by atoms with E-state index in [2.05, 4.69) is 11.9 Å². The second-order valence-electron chi connectivity index (χ2n) is 9.35. The Hall–Kier alpha value is -1.74. The van der Waals surface area contributed by atoms with E-state index in [1.54, 1.807) is 0 Å². The lowest BCUT2D eigenvalue weighted by Crippen LogP contribution is -2.48. The number of fused-ring (bicyclic) bond motifs is 1. The lowest BCUT2D eigenvalue weighted by molar-refractivity contribution is -0.147. The first-order valence-electron chi connectivity index (χ1n) is 11.1. The number of hydrogen-bond donors (Lipinski definition) is 1. The van der Waals surface area contributed by atoms with Crippen LogP contribution < -0.4 is 5.56 Å². The summed E-state index contributed by atoms with van der Waals surface area (Å²) in [5.74, 6) is 0.673. The topological polar surface area (TPSA) is 103 Å². The molecule has 8 nitrogen and oxygen atoms in total. The number of likely N-dealkylation sites (tertiary alicyclic amines) is 1. The maximum absolute atomic E-state index is 13.5. The minimum atomic E-state index is -3.35. The van der Waals surface area contributed by atoms with Gasteiger partial charge >= 0.3 is 0 Å². The zero-order valence-electron chi connectivity index (χ0n) is 17.9. The number of aromatic nitrogens is 2. The van der Waals surface area contributed by atoms with Crippen LogP contribution in [0.25, 0.3) is 0 Å². The van der Waals surface area contributed by atoms with Gasteiger partial charge in [-0.2, -0.15) is 4.31 Å². The predicted molar refractivity (Wildman–Crippen MR) is 113 cm³/mol. The second-order valence-corrected chi connectivity index (χ2v) is 11.3. The average molecular weight is 437 g/mol. The van der Waals surface area contributed by atoms with Crippen molar-refractivity contribution in [3.05, 3.63) is 27.4 Å². The van der Waals surface area contributed by atoms with Gasteiger partial charge in [0.1, 0.15) is 5.82 Å². The number of H-pyrrole nitrogens is 1. The lowest BCUT2D eigenvalue weighted by Gasteiger charge is -2.42. The highest BCUT2D eigenvalue weighted by Crippen LogP contribution is 2.41. The van der Waals surface area contributed by atoms with Crippen molar-refractivity contribution in [1.82, 2.24) is 19.2 Å². The molecule has 166 valence electrons. The molecule has 1 saturated heterocycles. The monoisotopic (exact) mass is 436 g/mol. The molecule has 0 bridgehead atoms. The lowest BCUT2D eigenvalue weighted by atomic mass is 9.74. The van der Waals surface area contributed by atoms with E-state index in [1.165, 1.54) is 17.0 Å². The molecule has 3 heterocycles. The summed E-state index contributed by atoms with van der Waals surface area (Å²) < 4.78 is 25.3. The fraction of sp³-hybridized carbons (Fsp3) is 0.762. The van der Waals surface area contributed by atoms with Gasteiger partial charge in [0.25, 0.3) is 5.56 Å². The third-order valence-electron chi connectivity index (χ3n) is 7.08. The molecule has 1 aromatic heterocycles. The van der Waals surface area contributed by atoms with Gasteiger partial charge in [-0.25, -0.2) is 13.4 Å². The molecule has 1 aromatic rings. The molecular formula is C21H32N4O4S. The van der Waals surface area contributed by atoms with Gasteiger partial charge < -0.3 is 9.88 Å². The number of carbonyl (C=O) groups is 1. The summed E-state index contributed by atoms with van der Waals surface area (Å²) in [5, 5.41) is 0. The van der Waals surface area contributed by atoms with Gasteiger partial charge in [0.05, 0.1) is 24.5 Å². The van der Waals surface area contributed by atoms with Crippen molar-refractivity contribution in [2.75, 3.05) is 19.3 Å². The molecule has 1 N–H and O–H groups in total. The number of nitrogens with one attached hydrogen (secondary N) is 1. The molecule has 0 aromatic carbocycles. The Balaban J connectivity index is 1.66. The van der Waals surface area contributed by atoms with Crippen molar-refractivity contribution >= 4 is 15.9 Å². The minimum Gasteiger partial charge on any atom is -0.332 e. The Labute approximate surface area is 178 Å². The van der Waals surface area contributed by atoms with E-state index < -0.39 is 10.0 Å². The van der Waals surface area contributed by atoms with Crippen LogP contribution in [0.5, 0.6) is 0 Å². The van der Waals surface area contributed by atoms with E-state index in [1.807, 2.05) is 4.90 Å². The van der Waals surface area contributed by atoms with Crippen molar-refractivity contribution in [1.29, 1.82) is 0 Å². The molecule has 30 heavy (non-hydrogen) atoms. The molecule has 4 rings (SSSR count). The Morgan fingerprint density at radius 1 is 1.13 bits per heavy atom. The van der Waals surface area contributed by atoms with Crippen LogP contribution >= 0.6 is 0 Å². The second kappa shape index (κ2) is 8.07. The summed E-state index contributed by atoms with van der Waals surface area (Å²) in [6, 6.07) is -0.253. The van der Waals surface area contributed by atoms with Gasteiger partial charge in [-0.3, -0.25) is 9.59 Å². The van der Waals surface area contributed by atoms with Crippen molar-refractivity contribution in [2.24, 2.45) is 5.41 Å². The van der Waals surface area contributed by atoms with Crippen LogP contribution in [0.3, 0.4) is 0 Å². The highest BCUT2D eigenvalue weighted by Gasteiger charge is 2.41. The molecule has 0 spiro atoms. The maximum atomic E-state index is 13.5. The van der Waals surface area contributed by atoms with Crippen molar-refractivity contribution in [3.63, 3.8) is 0 Å². The average Bonchev–Trinajstić information content (AvgIpc) is 2.72. The normalized spacial score (nSPS) is 25.0. The first-order chi connectivity index (χ1) is 14.2. The first kappa shape index (κ1) is 21.5. The number of amides is 1. The Kier molecular flexibility index (Phi) is 5.78. The number of piperidine rings is 1. The van der Waals surface area contributed by atoms with Crippen LogP contribution in [-0.2, 0) is 27.8 Å². The highest BCUT2D eigenvalue weighted by atomic mass is 32.2. The summed E-state index contributed by atoms with van der Waals surface area (Å²) in [6.07, 6.45) is 9.39. The van der Waals surface area contributed by atoms with Gasteiger partial charge in [0, 0.05) is 24.1 Å². The van der Waals surface area contributed by atoms with Crippen LogP contribution in [0.15, 0.2) is 4.79 Å². The van der Waals surface area contributed by atoms with Gasteiger partial charge in [0.2, 0.25) is 15.9 Å². The Bertz CT molecular complexity index is 981. The zero-order chi connectivity index (χ0) is 21.5. The Morgan fingerprint density at radius 3 is 2.57 bits per heavy atom. The van der Waals surface area contributed by atoms with Crippen LogP contribution in [0.2, 0.25) is 0 Å². The Morgan fingerprint density at radius 2 is 1.87 bits per heavy atom. The molecule has 1 unspecified atom stereocenters. The molecule has 1 saturated carbocycles. The summed E-state index contributed by atoms with van der Waals surface area (Å²) in [4.78, 5) is 35.9. The molecule has 0 radical (unpaired) electrons. The number of sulfonamides is 1. The quantitative estimate of drug-likeness (QED) is 0.782. The molecular weight excluding hydrogens is 404 g/mol. The standard InChI is InChI=1S/C21H32N4O4S/c1-21(10-5-3-6-11-21)20(27)25-12-7-4-8-17(25)18-22-16-14-24(30(2,28)29)13-9-15(16)19(26)23-18/h17H,3-14H2,1-2H3,(H,22,23,26). The van der Waals surface area contributed by atoms with Crippen LogP contribution in [0.4, 0.5) is 0 Å².